The van der Waals surface area contributed by atoms with Gasteiger partial charge in [-0.3, -0.25) is 0 Å². The van der Waals surface area contributed by atoms with Crippen LogP contribution in [0, 0.1) is 13.8 Å². The Morgan fingerprint density at radius 2 is 1.81 bits per heavy atom. The van der Waals surface area contributed by atoms with Crippen molar-refractivity contribution in [3.8, 4) is 5.75 Å². The number of ether oxygens (including phenoxy) is 1. The normalized spacial score (nSPS) is 12.2. The van der Waals surface area contributed by atoms with Gasteiger partial charge in [-0.05, 0) is 61.6 Å². The fraction of sp³-hybridized carbons (Fsp3) is 0.333. The number of hydrogen-bond donors (Lipinski definition) is 0. The molecule has 0 bridgehead atoms. The summed E-state index contributed by atoms with van der Waals surface area (Å²) in [7, 11) is 0. The molecule has 1 nitrogen and oxygen atoms in total. The first-order valence-corrected chi connectivity index (χ1v) is 8.84. The molecule has 21 heavy (non-hydrogen) atoms. The topological polar surface area (TPSA) is 9.23 Å². The second-order valence-electron chi connectivity index (χ2n) is 5.21. The Morgan fingerprint density at radius 3 is 2.43 bits per heavy atom. The van der Waals surface area contributed by atoms with Crippen molar-refractivity contribution in [2.45, 2.75) is 32.0 Å². The van der Waals surface area contributed by atoms with Crippen molar-refractivity contribution in [1.82, 2.24) is 0 Å². The van der Waals surface area contributed by atoms with Gasteiger partial charge in [0.2, 0.25) is 0 Å². The van der Waals surface area contributed by atoms with E-state index in [1.807, 2.05) is 19.1 Å². The van der Waals surface area contributed by atoms with E-state index in [4.69, 9.17) is 4.74 Å². The summed E-state index contributed by atoms with van der Waals surface area (Å²) in [6, 6.07) is 12.9. The molecule has 0 spiro atoms. The molecule has 3 heteroatoms. The summed E-state index contributed by atoms with van der Waals surface area (Å²) in [6.07, 6.45) is 0.966. The molecule has 2 rings (SSSR count). The van der Waals surface area contributed by atoms with E-state index in [2.05, 4.69) is 70.0 Å². The SMILES string of the molecule is CCOc1ccc(C(Br)Cc2ccc(C)c(C)c2)c(Br)c1. The predicted octanol–water partition coefficient (Wildman–Crippen LogP) is 6.14. The molecule has 0 fully saturated rings. The Balaban J connectivity index is 2.16. The molecule has 0 radical (unpaired) electrons. The van der Waals surface area contributed by atoms with Gasteiger partial charge >= 0.3 is 0 Å². The van der Waals surface area contributed by atoms with Gasteiger partial charge in [0.1, 0.15) is 5.75 Å². The Labute approximate surface area is 144 Å². The van der Waals surface area contributed by atoms with Crippen molar-refractivity contribution in [1.29, 1.82) is 0 Å². The summed E-state index contributed by atoms with van der Waals surface area (Å²) in [4.78, 5) is 0.282. The Hall–Kier alpha value is -0.800. The second-order valence-corrected chi connectivity index (χ2v) is 7.17. The quantitative estimate of drug-likeness (QED) is 0.536. The molecular weight excluding hydrogens is 392 g/mol. The zero-order chi connectivity index (χ0) is 15.4. The number of hydrogen-bond acceptors (Lipinski definition) is 1. The van der Waals surface area contributed by atoms with Crippen molar-refractivity contribution in [2.24, 2.45) is 0 Å². The van der Waals surface area contributed by atoms with Crippen LogP contribution >= 0.6 is 31.9 Å². The largest absolute Gasteiger partial charge is 0.494 e. The minimum absolute atomic E-state index is 0.282. The molecule has 0 aliphatic heterocycles. The Bertz CT molecular complexity index is 623. The van der Waals surface area contributed by atoms with Crippen LogP contribution in [0.5, 0.6) is 5.75 Å². The molecule has 2 aromatic carbocycles. The van der Waals surface area contributed by atoms with E-state index in [9.17, 15) is 0 Å². The third kappa shape index (κ3) is 4.33. The first-order valence-electron chi connectivity index (χ1n) is 7.13. The van der Waals surface area contributed by atoms with Gasteiger partial charge in [0.15, 0.2) is 0 Å². The van der Waals surface area contributed by atoms with E-state index >= 15 is 0 Å². The smallest absolute Gasteiger partial charge is 0.120 e. The highest BCUT2D eigenvalue weighted by Gasteiger charge is 2.13. The summed E-state index contributed by atoms with van der Waals surface area (Å²) in [5.74, 6) is 0.902. The lowest BCUT2D eigenvalue weighted by Gasteiger charge is -2.14. The van der Waals surface area contributed by atoms with Gasteiger partial charge in [0, 0.05) is 9.30 Å². The number of halogens is 2. The Kier molecular flexibility index (Phi) is 5.88. The molecule has 0 saturated carbocycles. The van der Waals surface area contributed by atoms with E-state index in [0.29, 0.717) is 6.61 Å². The molecule has 1 unspecified atom stereocenters. The second kappa shape index (κ2) is 7.46. The maximum atomic E-state index is 5.52. The fourth-order valence-electron chi connectivity index (χ4n) is 2.27. The molecular formula is C18H20Br2O. The number of benzene rings is 2. The molecule has 0 saturated heterocycles. The van der Waals surface area contributed by atoms with Crippen molar-refractivity contribution in [3.05, 3.63) is 63.1 Å². The van der Waals surface area contributed by atoms with Crippen LogP contribution in [0.1, 0.15) is 34.0 Å². The third-order valence-corrected chi connectivity index (χ3v) is 5.11. The van der Waals surface area contributed by atoms with E-state index in [1.165, 1.54) is 22.3 Å². The van der Waals surface area contributed by atoms with Gasteiger partial charge in [-0.2, -0.15) is 0 Å². The maximum Gasteiger partial charge on any atom is 0.120 e. The fourth-order valence-corrected chi connectivity index (χ4v) is 3.98. The van der Waals surface area contributed by atoms with Crippen molar-refractivity contribution < 1.29 is 4.74 Å². The van der Waals surface area contributed by atoms with E-state index in [-0.39, 0.29) is 4.83 Å². The van der Waals surface area contributed by atoms with E-state index in [0.717, 1.165) is 16.6 Å². The van der Waals surface area contributed by atoms with Gasteiger partial charge in [0.25, 0.3) is 0 Å². The maximum absolute atomic E-state index is 5.52. The van der Waals surface area contributed by atoms with Crippen LogP contribution in [-0.4, -0.2) is 6.61 Å². The minimum Gasteiger partial charge on any atom is -0.494 e. The van der Waals surface area contributed by atoms with Crippen molar-refractivity contribution in [2.75, 3.05) is 6.61 Å². The zero-order valence-electron chi connectivity index (χ0n) is 12.6. The molecule has 0 aliphatic rings. The van der Waals surface area contributed by atoms with Crippen LogP contribution in [0.4, 0.5) is 0 Å². The van der Waals surface area contributed by atoms with E-state index < -0.39 is 0 Å². The molecule has 0 aliphatic carbocycles. The highest BCUT2D eigenvalue weighted by atomic mass is 79.9. The summed E-state index contributed by atoms with van der Waals surface area (Å²) in [5.41, 5.74) is 5.28. The molecule has 112 valence electrons. The zero-order valence-corrected chi connectivity index (χ0v) is 15.8. The first-order chi connectivity index (χ1) is 10.0. The van der Waals surface area contributed by atoms with Gasteiger partial charge in [-0.1, -0.05) is 56.1 Å². The van der Waals surface area contributed by atoms with Gasteiger partial charge < -0.3 is 4.74 Å². The number of rotatable bonds is 5. The summed E-state index contributed by atoms with van der Waals surface area (Å²) < 4.78 is 6.61. The standard InChI is InChI=1S/C18H20Br2O/c1-4-21-15-7-8-16(18(20)11-15)17(19)10-14-6-5-12(2)13(3)9-14/h5-9,11,17H,4,10H2,1-3H3. The van der Waals surface area contributed by atoms with Crippen LogP contribution in [-0.2, 0) is 6.42 Å². The summed E-state index contributed by atoms with van der Waals surface area (Å²) >= 11 is 7.46. The number of alkyl halides is 1. The molecule has 0 N–H and O–H groups in total. The lowest BCUT2D eigenvalue weighted by Crippen LogP contribution is -1.99. The molecule has 2 aromatic rings. The first kappa shape index (κ1) is 16.6. The highest BCUT2D eigenvalue weighted by molar-refractivity contribution is 9.11. The molecule has 0 heterocycles. The number of aryl methyl sites for hydroxylation is 2. The van der Waals surface area contributed by atoms with Gasteiger partial charge in [0.05, 0.1) is 6.61 Å². The van der Waals surface area contributed by atoms with E-state index in [1.54, 1.807) is 0 Å². The highest BCUT2D eigenvalue weighted by Crippen LogP contribution is 2.35. The van der Waals surface area contributed by atoms with Crippen molar-refractivity contribution in [3.63, 3.8) is 0 Å². The monoisotopic (exact) mass is 410 g/mol. The molecule has 0 aromatic heterocycles. The Morgan fingerprint density at radius 1 is 1.05 bits per heavy atom. The van der Waals surface area contributed by atoms with Crippen LogP contribution < -0.4 is 4.74 Å². The van der Waals surface area contributed by atoms with Crippen LogP contribution in [0.15, 0.2) is 40.9 Å². The van der Waals surface area contributed by atoms with Crippen LogP contribution in [0.2, 0.25) is 0 Å². The summed E-state index contributed by atoms with van der Waals surface area (Å²) in [6.45, 7) is 6.99. The van der Waals surface area contributed by atoms with Crippen LogP contribution in [0.25, 0.3) is 0 Å². The third-order valence-electron chi connectivity index (χ3n) is 3.61. The van der Waals surface area contributed by atoms with Crippen molar-refractivity contribution >= 4 is 31.9 Å². The lowest BCUT2D eigenvalue weighted by molar-refractivity contribution is 0.340. The van der Waals surface area contributed by atoms with Crippen LogP contribution in [0.3, 0.4) is 0 Å². The van der Waals surface area contributed by atoms with Gasteiger partial charge in [-0.15, -0.1) is 0 Å². The van der Waals surface area contributed by atoms with Gasteiger partial charge in [-0.25, -0.2) is 0 Å². The molecule has 0 amide bonds. The molecule has 1 atom stereocenters. The minimum atomic E-state index is 0.282. The summed E-state index contributed by atoms with van der Waals surface area (Å²) in [5, 5.41) is 0. The average molecular weight is 412 g/mol. The lowest BCUT2D eigenvalue weighted by atomic mass is 10.0. The average Bonchev–Trinajstić information content (AvgIpc) is 2.43. The predicted molar refractivity (Wildman–Crippen MR) is 96.6 cm³/mol.